The van der Waals surface area contributed by atoms with Crippen molar-refractivity contribution in [2.45, 2.75) is 25.1 Å². The second-order valence-corrected chi connectivity index (χ2v) is 6.14. The predicted molar refractivity (Wildman–Crippen MR) is 77.2 cm³/mol. The molecule has 0 spiro atoms. The minimum Gasteiger partial charge on any atom is -0.369 e. The summed E-state index contributed by atoms with van der Waals surface area (Å²) in [5.41, 5.74) is 7.62. The average Bonchev–Trinajstić information content (AvgIpc) is 2.61. The number of nitrogens with two attached hydrogens (primary N) is 1. The van der Waals surface area contributed by atoms with Crippen LogP contribution in [0.1, 0.15) is 13.3 Å². The molecule has 0 aromatic carbocycles. The summed E-state index contributed by atoms with van der Waals surface area (Å²) < 4.78 is 2.90. The number of hydrogen-bond acceptors (Lipinski definition) is 4. The highest BCUT2D eigenvalue weighted by Gasteiger charge is 2.10. The number of aromatic nitrogens is 3. The summed E-state index contributed by atoms with van der Waals surface area (Å²) in [7, 11) is 0. The zero-order valence-electron chi connectivity index (χ0n) is 9.85. The van der Waals surface area contributed by atoms with Crippen LogP contribution < -0.4 is 5.73 Å². The third-order valence-electron chi connectivity index (χ3n) is 2.74. The first-order valence-electron chi connectivity index (χ1n) is 5.42. The quantitative estimate of drug-likeness (QED) is 0.942. The third kappa shape index (κ3) is 2.74. The Morgan fingerprint density at radius 2 is 2.35 bits per heavy atom. The van der Waals surface area contributed by atoms with Crippen LogP contribution in [0.3, 0.4) is 0 Å². The maximum Gasteiger partial charge on any atom is 0.202 e. The Morgan fingerprint density at radius 3 is 3.06 bits per heavy atom. The number of thioether (sulfide) groups is 1. The molecule has 0 aliphatic carbocycles. The van der Waals surface area contributed by atoms with Crippen LogP contribution in [-0.2, 0) is 6.54 Å². The minimum absolute atomic E-state index is 0.541. The normalized spacial score (nSPS) is 13.1. The summed E-state index contributed by atoms with van der Waals surface area (Å²) in [5, 5.41) is 0.613. The van der Waals surface area contributed by atoms with E-state index in [1.807, 2.05) is 22.4 Å². The molecule has 2 heterocycles. The second kappa shape index (κ2) is 5.27. The van der Waals surface area contributed by atoms with E-state index in [-0.39, 0.29) is 0 Å². The van der Waals surface area contributed by atoms with Gasteiger partial charge in [-0.05, 0) is 34.7 Å². The molecule has 0 saturated heterocycles. The molecule has 0 amide bonds. The number of hydrogen-bond donors (Lipinski definition) is 1. The van der Waals surface area contributed by atoms with E-state index in [2.05, 4.69) is 39.1 Å². The highest BCUT2D eigenvalue weighted by atomic mass is 79.9. The molecule has 4 nitrogen and oxygen atoms in total. The lowest BCUT2D eigenvalue weighted by Gasteiger charge is -2.09. The molecule has 0 aliphatic heterocycles. The van der Waals surface area contributed by atoms with Crippen molar-refractivity contribution in [3.05, 3.63) is 16.7 Å². The maximum atomic E-state index is 5.92. The van der Waals surface area contributed by atoms with Gasteiger partial charge in [-0.25, -0.2) is 9.97 Å². The molecule has 0 aliphatic rings. The SMILES string of the molecule is CSC(C)CCn1c(N)nc2cc(Br)cnc21. The number of imidazole rings is 1. The van der Waals surface area contributed by atoms with Crippen molar-refractivity contribution in [2.75, 3.05) is 12.0 Å². The van der Waals surface area contributed by atoms with Crippen molar-refractivity contribution in [1.29, 1.82) is 0 Å². The van der Waals surface area contributed by atoms with E-state index < -0.39 is 0 Å². The molecular formula is C11H15BrN4S. The Bertz CT molecular complexity index is 525. The Balaban J connectivity index is 2.30. The van der Waals surface area contributed by atoms with Crippen LogP contribution in [0.25, 0.3) is 11.2 Å². The van der Waals surface area contributed by atoms with Gasteiger partial charge in [0.05, 0.1) is 0 Å². The van der Waals surface area contributed by atoms with E-state index in [9.17, 15) is 0 Å². The predicted octanol–water partition coefficient (Wildman–Crippen LogP) is 2.92. The van der Waals surface area contributed by atoms with E-state index in [0.29, 0.717) is 11.2 Å². The third-order valence-corrected chi connectivity index (χ3v) is 4.22. The van der Waals surface area contributed by atoms with Gasteiger partial charge in [0.2, 0.25) is 5.95 Å². The fourth-order valence-electron chi connectivity index (χ4n) is 1.65. The van der Waals surface area contributed by atoms with E-state index in [0.717, 1.165) is 28.6 Å². The van der Waals surface area contributed by atoms with Gasteiger partial charge < -0.3 is 5.73 Å². The van der Waals surface area contributed by atoms with E-state index >= 15 is 0 Å². The van der Waals surface area contributed by atoms with Crippen molar-refractivity contribution >= 4 is 44.8 Å². The standard InChI is InChI=1S/C11H15BrN4S/c1-7(17-2)3-4-16-10-9(15-11(16)13)5-8(12)6-14-10/h5-7H,3-4H2,1-2H3,(H2,13,15). The Hall–Kier alpha value is -0.750. The summed E-state index contributed by atoms with van der Waals surface area (Å²) in [6, 6.07) is 1.94. The number of fused-ring (bicyclic) bond motifs is 1. The summed E-state index contributed by atoms with van der Waals surface area (Å²) in [6.07, 6.45) is 4.96. The van der Waals surface area contributed by atoms with E-state index in [1.54, 1.807) is 6.20 Å². The molecule has 17 heavy (non-hydrogen) atoms. The molecule has 0 fully saturated rings. The van der Waals surface area contributed by atoms with E-state index in [4.69, 9.17) is 5.73 Å². The maximum absolute atomic E-state index is 5.92. The average molecular weight is 315 g/mol. The summed E-state index contributed by atoms with van der Waals surface area (Å²) >= 11 is 5.24. The first-order valence-corrected chi connectivity index (χ1v) is 7.50. The van der Waals surface area contributed by atoms with Crippen LogP contribution in [0, 0.1) is 0 Å². The number of pyridine rings is 1. The lowest BCUT2D eigenvalue weighted by Crippen LogP contribution is -2.08. The molecular weight excluding hydrogens is 300 g/mol. The Labute approximate surface area is 113 Å². The number of nitrogens with zero attached hydrogens (tertiary/aromatic N) is 3. The number of anilines is 1. The van der Waals surface area contributed by atoms with Crippen LogP contribution in [0.4, 0.5) is 5.95 Å². The van der Waals surface area contributed by atoms with Gasteiger partial charge in [0.25, 0.3) is 0 Å². The zero-order valence-corrected chi connectivity index (χ0v) is 12.3. The first kappa shape index (κ1) is 12.7. The second-order valence-electron chi connectivity index (χ2n) is 3.95. The lowest BCUT2D eigenvalue weighted by molar-refractivity contribution is 0.658. The molecule has 92 valence electrons. The monoisotopic (exact) mass is 314 g/mol. The number of halogens is 1. The highest BCUT2D eigenvalue weighted by molar-refractivity contribution is 9.10. The molecule has 0 bridgehead atoms. The molecule has 2 N–H and O–H groups in total. The van der Waals surface area contributed by atoms with Crippen LogP contribution >= 0.6 is 27.7 Å². The molecule has 0 saturated carbocycles. The molecule has 2 aromatic rings. The Morgan fingerprint density at radius 1 is 1.59 bits per heavy atom. The fourth-order valence-corrected chi connectivity index (χ4v) is 2.31. The molecule has 1 atom stereocenters. The zero-order chi connectivity index (χ0) is 12.4. The van der Waals surface area contributed by atoms with Gasteiger partial charge in [-0.3, -0.25) is 4.57 Å². The highest BCUT2D eigenvalue weighted by Crippen LogP contribution is 2.21. The van der Waals surface area contributed by atoms with Crippen molar-refractivity contribution in [2.24, 2.45) is 0 Å². The minimum atomic E-state index is 0.541. The van der Waals surface area contributed by atoms with Gasteiger partial charge in [0.1, 0.15) is 5.52 Å². The molecule has 2 aromatic heterocycles. The van der Waals surface area contributed by atoms with Crippen molar-refractivity contribution < 1.29 is 0 Å². The Kier molecular flexibility index (Phi) is 3.93. The van der Waals surface area contributed by atoms with Crippen molar-refractivity contribution in [3.63, 3.8) is 0 Å². The largest absolute Gasteiger partial charge is 0.369 e. The van der Waals surface area contributed by atoms with Gasteiger partial charge in [0.15, 0.2) is 5.65 Å². The van der Waals surface area contributed by atoms with Gasteiger partial charge in [-0.2, -0.15) is 11.8 Å². The van der Waals surface area contributed by atoms with Crippen LogP contribution in [0.5, 0.6) is 0 Å². The number of nitrogen functional groups attached to an aromatic ring is 1. The van der Waals surface area contributed by atoms with Crippen molar-refractivity contribution in [1.82, 2.24) is 14.5 Å². The first-order chi connectivity index (χ1) is 8.11. The topological polar surface area (TPSA) is 56.7 Å². The molecule has 0 radical (unpaired) electrons. The van der Waals surface area contributed by atoms with Crippen LogP contribution in [0.15, 0.2) is 16.7 Å². The molecule has 2 rings (SSSR count). The summed E-state index contributed by atoms with van der Waals surface area (Å²) in [6.45, 7) is 3.07. The number of aryl methyl sites for hydroxylation is 1. The van der Waals surface area contributed by atoms with Gasteiger partial charge in [0, 0.05) is 22.5 Å². The smallest absolute Gasteiger partial charge is 0.202 e. The summed E-state index contributed by atoms with van der Waals surface area (Å²) in [5.74, 6) is 0.541. The number of rotatable bonds is 4. The molecule has 1 unspecified atom stereocenters. The van der Waals surface area contributed by atoms with Gasteiger partial charge in [-0.1, -0.05) is 6.92 Å². The van der Waals surface area contributed by atoms with E-state index in [1.165, 1.54) is 0 Å². The van der Waals surface area contributed by atoms with Crippen LogP contribution in [0.2, 0.25) is 0 Å². The van der Waals surface area contributed by atoms with Crippen LogP contribution in [-0.4, -0.2) is 26.0 Å². The van der Waals surface area contributed by atoms with Gasteiger partial charge >= 0.3 is 0 Å². The lowest BCUT2D eigenvalue weighted by atomic mass is 10.3. The van der Waals surface area contributed by atoms with Crippen molar-refractivity contribution in [3.8, 4) is 0 Å². The van der Waals surface area contributed by atoms with Gasteiger partial charge in [-0.15, -0.1) is 0 Å². The molecule has 6 heteroatoms. The summed E-state index contributed by atoms with van der Waals surface area (Å²) in [4.78, 5) is 8.69. The fraction of sp³-hybridized carbons (Fsp3) is 0.455.